The van der Waals surface area contributed by atoms with Gasteiger partial charge in [0.15, 0.2) is 6.29 Å². The zero-order valence-electron chi connectivity index (χ0n) is 35.4. The summed E-state index contributed by atoms with van der Waals surface area (Å²) in [5.41, 5.74) is 0. The van der Waals surface area contributed by atoms with E-state index in [9.17, 15) is 30.3 Å². The molecule has 7 unspecified atom stereocenters. The van der Waals surface area contributed by atoms with Crippen LogP contribution >= 0.6 is 0 Å². The molecular formula is C46H87NO8. The molecule has 6 N–H and O–H groups in total. The van der Waals surface area contributed by atoms with E-state index in [4.69, 9.17) is 9.47 Å². The zero-order chi connectivity index (χ0) is 40.2. The number of carbonyl (C=O) groups excluding carboxylic acids is 1. The number of hydrogen-bond donors (Lipinski definition) is 6. The predicted molar refractivity (Wildman–Crippen MR) is 226 cm³/mol. The van der Waals surface area contributed by atoms with Crippen LogP contribution in [0.2, 0.25) is 0 Å². The molecule has 9 heteroatoms. The summed E-state index contributed by atoms with van der Waals surface area (Å²) in [5, 5.41) is 54.2. The van der Waals surface area contributed by atoms with Crippen molar-refractivity contribution in [2.75, 3.05) is 13.2 Å². The van der Waals surface area contributed by atoms with E-state index in [1.54, 1.807) is 6.08 Å². The van der Waals surface area contributed by atoms with Crippen LogP contribution in [0.3, 0.4) is 0 Å². The molecular weight excluding hydrogens is 695 g/mol. The van der Waals surface area contributed by atoms with E-state index in [2.05, 4.69) is 31.3 Å². The second kappa shape index (κ2) is 37.0. The van der Waals surface area contributed by atoms with Crippen LogP contribution in [0.1, 0.15) is 206 Å². The third-order valence-electron chi connectivity index (χ3n) is 11.0. The lowest BCUT2D eigenvalue weighted by Crippen LogP contribution is -2.60. The highest BCUT2D eigenvalue weighted by atomic mass is 16.7. The van der Waals surface area contributed by atoms with Gasteiger partial charge in [0.05, 0.1) is 25.4 Å². The Bertz CT molecular complexity index is 914. The molecule has 7 atom stereocenters. The van der Waals surface area contributed by atoms with Crippen molar-refractivity contribution in [3.8, 4) is 0 Å². The van der Waals surface area contributed by atoms with E-state index in [0.29, 0.717) is 6.42 Å². The Labute approximate surface area is 337 Å². The minimum Gasteiger partial charge on any atom is -0.394 e. The quantitative estimate of drug-likeness (QED) is 0.0268. The van der Waals surface area contributed by atoms with Gasteiger partial charge in [0.1, 0.15) is 24.4 Å². The van der Waals surface area contributed by atoms with Crippen molar-refractivity contribution in [2.24, 2.45) is 0 Å². The number of nitrogens with one attached hydrogen (secondary N) is 1. The molecule has 0 aliphatic carbocycles. The Hall–Kier alpha value is -1.33. The summed E-state index contributed by atoms with van der Waals surface area (Å²) >= 11 is 0. The van der Waals surface area contributed by atoms with Crippen LogP contribution in [0, 0.1) is 0 Å². The number of hydrogen-bond acceptors (Lipinski definition) is 8. The van der Waals surface area contributed by atoms with Gasteiger partial charge in [0.2, 0.25) is 5.91 Å². The number of allylic oxidation sites excluding steroid dienone is 3. The fourth-order valence-corrected chi connectivity index (χ4v) is 7.27. The number of aliphatic hydroxyl groups is 5. The van der Waals surface area contributed by atoms with Crippen LogP contribution in [0.4, 0.5) is 0 Å². The van der Waals surface area contributed by atoms with Crippen molar-refractivity contribution in [1.82, 2.24) is 5.32 Å². The maximum atomic E-state index is 12.9. The third-order valence-corrected chi connectivity index (χ3v) is 11.0. The molecule has 1 aliphatic heterocycles. The molecule has 1 amide bonds. The summed E-state index contributed by atoms with van der Waals surface area (Å²) in [7, 11) is 0. The van der Waals surface area contributed by atoms with E-state index in [1.165, 1.54) is 128 Å². The van der Waals surface area contributed by atoms with Crippen molar-refractivity contribution in [3.05, 3.63) is 24.3 Å². The van der Waals surface area contributed by atoms with Gasteiger partial charge in [-0.15, -0.1) is 0 Å². The number of amides is 1. The van der Waals surface area contributed by atoms with Gasteiger partial charge in [0, 0.05) is 6.42 Å². The first kappa shape index (κ1) is 51.7. The highest BCUT2D eigenvalue weighted by Crippen LogP contribution is 2.22. The van der Waals surface area contributed by atoms with Crippen molar-refractivity contribution in [2.45, 2.75) is 249 Å². The van der Waals surface area contributed by atoms with Crippen molar-refractivity contribution in [1.29, 1.82) is 0 Å². The Morgan fingerprint density at radius 3 is 1.47 bits per heavy atom. The normalized spacial score (nSPS) is 21.5. The zero-order valence-corrected chi connectivity index (χ0v) is 35.4. The van der Waals surface area contributed by atoms with Crippen LogP contribution in [0.25, 0.3) is 0 Å². The first-order valence-corrected chi connectivity index (χ1v) is 23.1. The minimum absolute atomic E-state index is 0.185. The van der Waals surface area contributed by atoms with Gasteiger partial charge in [-0.05, 0) is 44.9 Å². The van der Waals surface area contributed by atoms with E-state index in [0.717, 1.165) is 57.8 Å². The molecule has 1 saturated heterocycles. The highest BCUT2D eigenvalue weighted by molar-refractivity contribution is 5.76. The predicted octanol–water partition coefficient (Wildman–Crippen LogP) is 9.50. The molecule has 0 spiro atoms. The van der Waals surface area contributed by atoms with Gasteiger partial charge >= 0.3 is 0 Å². The molecule has 55 heavy (non-hydrogen) atoms. The summed E-state index contributed by atoms with van der Waals surface area (Å²) in [5.74, 6) is -0.185. The fraction of sp³-hybridized carbons (Fsp3) is 0.891. The Balaban J connectivity index is 2.37. The molecule has 0 aromatic heterocycles. The standard InChI is InChI=1S/C46H87NO8/c1-3-5-7-9-11-13-15-17-19-20-22-23-25-27-29-31-33-35-40(49)39(38-54-46-45(53)44(52)43(51)41(37-48)55-46)47-42(50)36-34-32-30-28-26-24-21-18-16-14-12-10-8-6-4-2/h18,21,33,35,39-41,43-46,48-49,51-53H,3-17,19-20,22-32,34,36-38H2,1-2H3,(H,47,50)/b21-18-,35-33+. The monoisotopic (exact) mass is 782 g/mol. The smallest absolute Gasteiger partial charge is 0.220 e. The average molecular weight is 782 g/mol. The molecule has 0 saturated carbocycles. The maximum Gasteiger partial charge on any atom is 0.220 e. The van der Waals surface area contributed by atoms with Gasteiger partial charge in [0.25, 0.3) is 0 Å². The molecule has 1 aliphatic rings. The summed E-state index contributed by atoms with van der Waals surface area (Å²) in [6, 6.07) is -0.805. The van der Waals surface area contributed by atoms with E-state index < -0.39 is 49.5 Å². The van der Waals surface area contributed by atoms with Crippen molar-refractivity contribution >= 4 is 5.91 Å². The summed E-state index contributed by atoms with van der Waals surface area (Å²) in [4.78, 5) is 12.9. The van der Waals surface area contributed by atoms with Crippen LogP contribution in [0.15, 0.2) is 24.3 Å². The first-order valence-electron chi connectivity index (χ1n) is 23.1. The van der Waals surface area contributed by atoms with Crippen LogP contribution in [-0.2, 0) is 14.3 Å². The van der Waals surface area contributed by atoms with Gasteiger partial charge in [-0.25, -0.2) is 0 Å². The topological polar surface area (TPSA) is 149 Å². The summed E-state index contributed by atoms with van der Waals surface area (Å²) < 4.78 is 11.2. The van der Waals surface area contributed by atoms with E-state index in [1.807, 2.05) is 6.08 Å². The van der Waals surface area contributed by atoms with Crippen LogP contribution in [0.5, 0.6) is 0 Å². The molecule has 324 valence electrons. The number of ether oxygens (including phenoxy) is 2. The van der Waals surface area contributed by atoms with Gasteiger partial charge in [-0.3, -0.25) is 4.79 Å². The second-order valence-electron chi connectivity index (χ2n) is 16.2. The van der Waals surface area contributed by atoms with Gasteiger partial charge < -0.3 is 40.3 Å². The highest BCUT2D eigenvalue weighted by Gasteiger charge is 2.44. The number of aliphatic hydroxyl groups excluding tert-OH is 5. The lowest BCUT2D eigenvalue weighted by molar-refractivity contribution is -0.302. The average Bonchev–Trinajstić information content (AvgIpc) is 3.18. The summed E-state index contributed by atoms with van der Waals surface area (Å²) in [6.07, 6.45) is 36.4. The minimum atomic E-state index is -1.57. The lowest BCUT2D eigenvalue weighted by atomic mass is 9.99. The van der Waals surface area contributed by atoms with Gasteiger partial charge in [-0.1, -0.05) is 179 Å². The van der Waals surface area contributed by atoms with E-state index in [-0.39, 0.29) is 12.5 Å². The maximum absolute atomic E-state index is 12.9. The number of carbonyl (C=O) groups is 1. The van der Waals surface area contributed by atoms with Crippen LogP contribution in [-0.4, -0.2) is 87.5 Å². The number of rotatable bonds is 38. The van der Waals surface area contributed by atoms with Gasteiger partial charge in [-0.2, -0.15) is 0 Å². The molecule has 0 aromatic rings. The Kier molecular flexibility index (Phi) is 34.7. The fourth-order valence-electron chi connectivity index (χ4n) is 7.27. The molecule has 1 fully saturated rings. The molecule has 0 bridgehead atoms. The first-order chi connectivity index (χ1) is 26.8. The van der Waals surface area contributed by atoms with Crippen LogP contribution < -0.4 is 5.32 Å². The van der Waals surface area contributed by atoms with E-state index >= 15 is 0 Å². The second-order valence-corrected chi connectivity index (χ2v) is 16.2. The SMILES string of the molecule is CCCCCCCC/C=C\CCCCCCCC(=O)NC(COC1OC(CO)C(O)C(O)C1O)C(O)/C=C/CCCCCCCCCCCCCCCCC. The Morgan fingerprint density at radius 1 is 0.600 bits per heavy atom. The largest absolute Gasteiger partial charge is 0.394 e. The molecule has 9 nitrogen and oxygen atoms in total. The Morgan fingerprint density at radius 2 is 1.02 bits per heavy atom. The number of unbranched alkanes of at least 4 members (excludes halogenated alkanes) is 26. The van der Waals surface area contributed by atoms with Crippen molar-refractivity contribution in [3.63, 3.8) is 0 Å². The summed E-state index contributed by atoms with van der Waals surface area (Å²) in [6.45, 7) is 3.76. The lowest BCUT2D eigenvalue weighted by Gasteiger charge is -2.40. The molecule has 1 heterocycles. The molecule has 0 radical (unpaired) electrons. The third kappa shape index (κ3) is 27.9. The molecule has 0 aromatic carbocycles. The van der Waals surface area contributed by atoms with Crippen molar-refractivity contribution < 1.29 is 39.8 Å². The molecule has 1 rings (SSSR count).